The van der Waals surface area contributed by atoms with Crippen molar-refractivity contribution in [3.63, 3.8) is 0 Å². The van der Waals surface area contributed by atoms with E-state index < -0.39 is 10.0 Å². The summed E-state index contributed by atoms with van der Waals surface area (Å²) in [6.07, 6.45) is 0. The smallest absolute Gasteiger partial charge is 0.315 e. The van der Waals surface area contributed by atoms with Crippen LogP contribution >= 0.6 is 0 Å². The van der Waals surface area contributed by atoms with Crippen LogP contribution in [-0.2, 0) is 21.3 Å². The van der Waals surface area contributed by atoms with Crippen LogP contribution in [0.2, 0.25) is 0 Å². The second kappa shape index (κ2) is 11.1. The highest BCUT2D eigenvalue weighted by Crippen LogP contribution is 2.24. The summed E-state index contributed by atoms with van der Waals surface area (Å²) in [7, 11) is -3.52. The van der Waals surface area contributed by atoms with Crippen LogP contribution in [0.15, 0.2) is 53.4 Å². The number of amides is 2. The van der Waals surface area contributed by atoms with E-state index in [9.17, 15) is 13.2 Å². The van der Waals surface area contributed by atoms with Crippen molar-refractivity contribution in [2.75, 3.05) is 26.3 Å². The number of carbonyl (C=O) groups is 1. The first-order chi connectivity index (χ1) is 15.7. The molecule has 1 atom stereocenters. The summed E-state index contributed by atoms with van der Waals surface area (Å²) in [5, 5.41) is 5.94. The van der Waals surface area contributed by atoms with E-state index in [0.29, 0.717) is 38.8 Å². The zero-order valence-electron chi connectivity index (χ0n) is 19.9. The van der Waals surface area contributed by atoms with E-state index in [1.807, 2.05) is 0 Å². The summed E-state index contributed by atoms with van der Waals surface area (Å²) < 4.78 is 32.1. The number of nitrogens with zero attached hydrogens (tertiary/aromatic N) is 1. The average molecular weight is 474 g/mol. The highest BCUT2D eigenvalue weighted by molar-refractivity contribution is 7.89. The molecule has 8 heteroatoms. The Labute approximate surface area is 197 Å². The molecule has 7 nitrogen and oxygen atoms in total. The standard InChI is InChI=1S/C25H35N3O4S/c1-18(2)21-7-9-22(10-8-21)24(19(3)4)27-25(29)26-17-20-5-11-23(12-6-20)33(30,31)28-13-15-32-16-14-28/h5-12,18-19,24H,13-17H2,1-4H3,(H2,26,27,29). The van der Waals surface area contributed by atoms with Gasteiger partial charge in [-0.05, 0) is 40.7 Å². The van der Waals surface area contributed by atoms with Crippen molar-refractivity contribution in [3.8, 4) is 0 Å². The Bertz CT molecular complexity index is 1010. The SMILES string of the molecule is CC(C)c1ccc(C(NC(=O)NCc2ccc(S(=O)(=O)N3CCOCC3)cc2)C(C)C)cc1. The Hall–Kier alpha value is -2.42. The lowest BCUT2D eigenvalue weighted by molar-refractivity contribution is 0.0730. The first kappa shape index (κ1) is 25.2. The van der Waals surface area contributed by atoms with Crippen molar-refractivity contribution in [1.29, 1.82) is 0 Å². The van der Waals surface area contributed by atoms with Gasteiger partial charge in [0.05, 0.1) is 24.2 Å². The zero-order valence-corrected chi connectivity index (χ0v) is 20.7. The number of ether oxygens (including phenoxy) is 1. The normalized spacial score (nSPS) is 16.1. The quantitative estimate of drug-likeness (QED) is 0.606. The van der Waals surface area contributed by atoms with Crippen LogP contribution < -0.4 is 10.6 Å². The predicted octanol–water partition coefficient (Wildman–Crippen LogP) is 4.03. The molecule has 0 spiro atoms. The van der Waals surface area contributed by atoms with Gasteiger partial charge >= 0.3 is 6.03 Å². The fourth-order valence-electron chi connectivity index (χ4n) is 3.81. The van der Waals surface area contributed by atoms with E-state index in [0.717, 1.165) is 11.1 Å². The van der Waals surface area contributed by atoms with Crippen molar-refractivity contribution >= 4 is 16.1 Å². The van der Waals surface area contributed by atoms with E-state index >= 15 is 0 Å². The Morgan fingerprint density at radius 3 is 2.06 bits per heavy atom. The fourth-order valence-corrected chi connectivity index (χ4v) is 5.22. The van der Waals surface area contributed by atoms with Gasteiger partial charge in [0.15, 0.2) is 0 Å². The summed E-state index contributed by atoms with van der Waals surface area (Å²) in [6, 6.07) is 14.7. The third-order valence-corrected chi connectivity index (χ3v) is 7.81. The molecule has 1 saturated heterocycles. The topological polar surface area (TPSA) is 87.7 Å². The maximum Gasteiger partial charge on any atom is 0.315 e. The summed E-state index contributed by atoms with van der Waals surface area (Å²) in [6.45, 7) is 10.3. The third-order valence-electron chi connectivity index (χ3n) is 5.90. The van der Waals surface area contributed by atoms with Crippen molar-refractivity contribution in [2.24, 2.45) is 5.92 Å². The summed E-state index contributed by atoms with van der Waals surface area (Å²) in [5.74, 6) is 0.688. The van der Waals surface area contributed by atoms with Gasteiger partial charge in [-0.25, -0.2) is 13.2 Å². The number of urea groups is 1. The van der Waals surface area contributed by atoms with Crippen LogP contribution in [0.1, 0.15) is 56.3 Å². The highest BCUT2D eigenvalue weighted by Gasteiger charge is 2.26. The monoisotopic (exact) mass is 473 g/mol. The maximum absolute atomic E-state index is 12.7. The van der Waals surface area contributed by atoms with Crippen LogP contribution in [0.4, 0.5) is 4.79 Å². The van der Waals surface area contributed by atoms with E-state index in [1.54, 1.807) is 24.3 Å². The molecule has 2 amide bonds. The van der Waals surface area contributed by atoms with Crippen molar-refractivity contribution in [1.82, 2.24) is 14.9 Å². The third kappa shape index (κ3) is 6.56. The number of hydrogen-bond acceptors (Lipinski definition) is 4. The van der Waals surface area contributed by atoms with Crippen LogP contribution in [-0.4, -0.2) is 45.1 Å². The lowest BCUT2D eigenvalue weighted by Crippen LogP contribution is -2.40. The van der Waals surface area contributed by atoms with Crippen LogP contribution in [0.3, 0.4) is 0 Å². The minimum atomic E-state index is -3.52. The molecule has 0 bridgehead atoms. The number of morpholine rings is 1. The van der Waals surface area contributed by atoms with Crippen molar-refractivity contribution in [2.45, 2.75) is 51.1 Å². The molecule has 33 heavy (non-hydrogen) atoms. The Balaban J connectivity index is 1.58. The summed E-state index contributed by atoms with van der Waals surface area (Å²) >= 11 is 0. The average Bonchev–Trinajstić information content (AvgIpc) is 2.82. The number of benzene rings is 2. The lowest BCUT2D eigenvalue weighted by atomic mass is 9.93. The number of rotatable bonds is 8. The Morgan fingerprint density at radius 2 is 1.52 bits per heavy atom. The van der Waals surface area contributed by atoms with E-state index in [2.05, 4.69) is 62.6 Å². The van der Waals surface area contributed by atoms with Crippen molar-refractivity contribution < 1.29 is 17.9 Å². The molecule has 1 aliphatic heterocycles. The van der Waals surface area contributed by atoms with Gasteiger partial charge in [-0.3, -0.25) is 0 Å². The molecule has 1 aliphatic rings. The number of nitrogens with one attached hydrogen (secondary N) is 2. The zero-order chi connectivity index (χ0) is 24.0. The number of hydrogen-bond donors (Lipinski definition) is 2. The lowest BCUT2D eigenvalue weighted by Gasteiger charge is -2.26. The van der Waals surface area contributed by atoms with Gasteiger partial charge in [-0.1, -0.05) is 64.1 Å². The Morgan fingerprint density at radius 1 is 0.939 bits per heavy atom. The van der Waals surface area contributed by atoms with Gasteiger partial charge in [0, 0.05) is 19.6 Å². The molecular formula is C25H35N3O4S. The fraction of sp³-hybridized carbons (Fsp3) is 0.480. The minimum Gasteiger partial charge on any atom is -0.379 e. The van der Waals surface area contributed by atoms with Crippen LogP contribution in [0, 0.1) is 5.92 Å². The molecule has 2 aromatic carbocycles. The molecule has 0 saturated carbocycles. The molecule has 1 unspecified atom stereocenters. The molecule has 2 aromatic rings. The Kier molecular flexibility index (Phi) is 8.51. The second-order valence-corrected chi connectivity index (χ2v) is 11.0. The second-order valence-electron chi connectivity index (χ2n) is 9.03. The predicted molar refractivity (Wildman–Crippen MR) is 130 cm³/mol. The first-order valence-corrected chi connectivity index (χ1v) is 12.9. The van der Waals surface area contributed by atoms with Gasteiger partial charge in [0.1, 0.15) is 0 Å². The van der Waals surface area contributed by atoms with E-state index in [4.69, 9.17) is 4.74 Å². The summed E-state index contributed by atoms with van der Waals surface area (Å²) in [4.78, 5) is 12.8. The maximum atomic E-state index is 12.7. The van der Waals surface area contributed by atoms with Gasteiger partial charge < -0.3 is 15.4 Å². The molecule has 180 valence electrons. The molecule has 3 rings (SSSR count). The van der Waals surface area contributed by atoms with Crippen molar-refractivity contribution in [3.05, 3.63) is 65.2 Å². The van der Waals surface area contributed by atoms with Crippen LogP contribution in [0.5, 0.6) is 0 Å². The highest BCUT2D eigenvalue weighted by atomic mass is 32.2. The molecule has 0 aromatic heterocycles. The molecule has 1 fully saturated rings. The molecular weight excluding hydrogens is 438 g/mol. The number of sulfonamides is 1. The molecule has 0 radical (unpaired) electrons. The van der Waals surface area contributed by atoms with Gasteiger partial charge in [-0.2, -0.15) is 4.31 Å². The van der Waals surface area contributed by atoms with Gasteiger partial charge in [0.2, 0.25) is 10.0 Å². The molecule has 1 heterocycles. The summed E-state index contributed by atoms with van der Waals surface area (Å²) in [5.41, 5.74) is 3.17. The van der Waals surface area contributed by atoms with Gasteiger partial charge in [0.25, 0.3) is 0 Å². The minimum absolute atomic E-state index is 0.104. The van der Waals surface area contributed by atoms with E-state index in [1.165, 1.54) is 9.87 Å². The first-order valence-electron chi connectivity index (χ1n) is 11.5. The molecule has 2 N–H and O–H groups in total. The number of carbonyl (C=O) groups excluding carboxylic acids is 1. The largest absolute Gasteiger partial charge is 0.379 e. The van der Waals surface area contributed by atoms with Gasteiger partial charge in [-0.15, -0.1) is 0 Å². The van der Waals surface area contributed by atoms with E-state index in [-0.39, 0.29) is 22.9 Å². The van der Waals surface area contributed by atoms with Crippen LogP contribution in [0.25, 0.3) is 0 Å². The molecule has 0 aliphatic carbocycles.